The maximum absolute atomic E-state index is 9.29. The lowest BCUT2D eigenvalue weighted by Crippen LogP contribution is -2.53. The average Bonchev–Trinajstić information content (AvgIpc) is 2.93. The molecular formula is C19H37N2O+. The predicted molar refractivity (Wildman–Crippen MR) is 95.2 cm³/mol. The highest BCUT2D eigenvalue weighted by Gasteiger charge is 2.34. The molecule has 2 unspecified atom stereocenters. The van der Waals surface area contributed by atoms with E-state index in [4.69, 9.17) is 0 Å². The van der Waals surface area contributed by atoms with Gasteiger partial charge in [0.25, 0.3) is 0 Å². The molecule has 0 aromatic carbocycles. The summed E-state index contributed by atoms with van der Waals surface area (Å²) < 4.78 is 0.824. The Morgan fingerprint density at radius 2 is 1.73 bits per heavy atom. The van der Waals surface area contributed by atoms with Gasteiger partial charge in [-0.05, 0) is 25.8 Å². The molecule has 0 aromatic rings. The van der Waals surface area contributed by atoms with E-state index in [1.54, 1.807) is 0 Å². The summed E-state index contributed by atoms with van der Waals surface area (Å²) in [6.07, 6.45) is 21.3. The third-order valence-corrected chi connectivity index (χ3v) is 4.84. The SMILES string of the molecule is CCCCCCCCCC/C=C/C1NC=C[N+]1(CC)CCO. The van der Waals surface area contributed by atoms with Crippen LogP contribution in [0.5, 0.6) is 0 Å². The minimum atomic E-state index is 0.238. The van der Waals surface area contributed by atoms with Crippen molar-refractivity contribution in [1.29, 1.82) is 0 Å². The van der Waals surface area contributed by atoms with Gasteiger partial charge in [-0.15, -0.1) is 0 Å². The van der Waals surface area contributed by atoms with E-state index in [2.05, 4.69) is 37.5 Å². The summed E-state index contributed by atoms with van der Waals surface area (Å²) in [4.78, 5) is 0. The van der Waals surface area contributed by atoms with Crippen LogP contribution in [0.2, 0.25) is 0 Å². The fourth-order valence-corrected chi connectivity index (χ4v) is 3.24. The zero-order chi connectivity index (χ0) is 16.1. The minimum Gasteiger partial charge on any atom is -0.390 e. The molecule has 0 saturated carbocycles. The van der Waals surface area contributed by atoms with Gasteiger partial charge < -0.3 is 10.4 Å². The van der Waals surface area contributed by atoms with Gasteiger partial charge in [-0.25, -0.2) is 0 Å². The Bertz CT molecular complexity index is 327. The molecule has 0 radical (unpaired) electrons. The molecule has 1 heterocycles. The Morgan fingerprint density at radius 3 is 2.36 bits per heavy atom. The number of hydrogen-bond acceptors (Lipinski definition) is 2. The highest BCUT2D eigenvalue weighted by atomic mass is 16.3. The first kappa shape index (κ1) is 19.2. The Balaban J connectivity index is 2.12. The fourth-order valence-electron chi connectivity index (χ4n) is 3.24. The number of aliphatic hydroxyl groups is 1. The van der Waals surface area contributed by atoms with Gasteiger partial charge in [0.1, 0.15) is 12.7 Å². The Kier molecular flexibility index (Phi) is 10.3. The van der Waals surface area contributed by atoms with Gasteiger partial charge in [0, 0.05) is 0 Å². The summed E-state index contributed by atoms with van der Waals surface area (Å²) in [5, 5.41) is 12.7. The normalized spacial score (nSPS) is 24.2. The first-order valence-corrected chi connectivity index (χ1v) is 9.36. The van der Waals surface area contributed by atoms with E-state index in [1.165, 1.54) is 57.8 Å². The van der Waals surface area contributed by atoms with E-state index >= 15 is 0 Å². The summed E-state index contributed by atoms with van der Waals surface area (Å²) in [5.74, 6) is 0. The molecule has 0 amide bonds. The largest absolute Gasteiger partial charge is 0.390 e. The molecule has 22 heavy (non-hydrogen) atoms. The molecule has 0 aromatic heterocycles. The molecule has 1 aliphatic heterocycles. The van der Waals surface area contributed by atoms with E-state index in [0.717, 1.165) is 17.6 Å². The van der Waals surface area contributed by atoms with Gasteiger partial charge in [0.15, 0.2) is 6.17 Å². The number of unbranched alkanes of at least 4 members (excludes halogenated alkanes) is 8. The van der Waals surface area contributed by atoms with E-state index in [0.29, 0.717) is 6.17 Å². The van der Waals surface area contributed by atoms with Gasteiger partial charge in [-0.3, -0.25) is 4.48 Å². The van der Waals surface area contributed by atoms with Gasteiger partial charge in [0.05, 0.1) is 19.4 Å². The van der Waals surface area contributed by atoms with Crippen LogP contribution in [0, 0.1) is 0 Å². The van der Waals surface area contributed by atoms with E-state index in [-0.39, 0.29) is 6.61 Å². The highest BCUT2D eigenvalue weighted by Crippen LogP contribution is 2.19. The smallest absolute Gasteiger partial charge is 0.185 e. The monoisotopic (exact) mass is 309 g/mol. The Morgan fingerprint density at radius 1 is 1.05 bits per heavy atom. The zero-order valence-electron chi connectivity index (χ0n) is 14.8. The van der Waals surface area contributed by atoms with Crippen molar-refractivity contribution in [1.82, 2.24) is 5.32 Å². The zero-order valence-corrected chi connectivity index (χ0v) is 14.8. The van der Waals surface area contributed by atoms with Crippen LogP contribution in [-0.4, -0.2) is 35.5 Å². The maximum Gasteiger partial charge on any atom is 0.185 e. The molecule has 1 aliphatic rings. The van der Waals surface area contributed by atoms with Gasteiger partial charge in [-0.2, -0.15) is 0 Å². The fraction of sp³-hybridized carbons (Fsp3) is 0.789. The molecule has 2 N–H and O–H groups in total. The van der Waals surface area contributed by atoms with Crippen molar-refractivity contribution < 1.29 is 9.59 Å². The quantitative estimate of drug-likeness (QED) is 0.302. The number of nitrogens with zero attached hydrogens (tertiary/aromatic N) is 1. The van der Waals surface area contributed by atoms with Crippen molar-refractivity contribution in [3.8, 4) is 0 Å². The number of allylic oxidation sites excluding steroid dienone is 1. The van der Waals surface area contributed by atoms with Crippen molar-refractivity contribution in [2.75, 3.05) is 19.7 Å². The molecule has 3 nitrogen and oxygen atoms in total. The van der Waals surface area contributed by atoms with Crippen LogP contribution < -0.4 is 5.32 Å². The van der Waals surface area contributed by atoms with Crippen LogP contribution in [0.1, 0.15) is 71.6 Å². The van der Waals surface area contributed by atoms with Gasteiger partial charge in [-0.1, -0.05) is 57.9 Å². The van der Waals surface area contributed by atoms with Crippen molar-refractivity contribution in [2.24, 2.45) is 0 Å². The van der Waals surface area contributed by atoms with Crippen LogP contribution in [-0.2, 0) is 0 Å². The first-order valence-electron chi connectivity index (χ1n) is 9.36. The third kappa shape index (κ3) is 6.53. The van der Waals surface area contributed by atoms with Crippen molar-refractivity contribution in [3.05, 3.63) is 24.6 Å². The molecule has 0 aliphatic carbocycles. The summed E-state index contributed by atoms with van der Waals surface area (Å²) in [6, 6.07) is 0. The van der Waals surface area contributed by atoms with Crippen LogP contribution >= 0.6 is 0 Å². The average molecular weight is 310 g/mol. The molecule has 128 valence electrons. The number of quaternary nitrogens is 1. The van der Waals surface area contributed by atoms with Crippen LogP contribution in [0.3, 0.4) is 0 Å². The summed E-state index contributed by atoms with van der Waals surface area (Å²) >= 11 is 0. The molecule has 0 spiro atoms. The van der Waals surface area contributed by atoms with Gasteiger partial charge >= 0.3 is 0 Å². The first-order chi connectivity index (χ1) is 10.8. The Labute approximate surface area is 137 Å². The number of rotatable bonds is 13. The number of nitrogens with one attached hydrogen (secondary N) is 1. The van der Waals surface area contributed by atoms with Crippen molar-refractivity contribution in [2.45, 2.75) is 77.8 Å². The summed E-state index contributed by atoms with van der Waals surface area (Å²) in [7, 11) is 0. The second-order valence-electron chi connectivity index (χ2n) is 6.49. The second-order valence-corrected chi connectivity index (χ2v) is 6.49. The summed E-state index contributed by atoms with van der Waals surface area (Å²) in [6.45, 7) is 6.49. The Hall–Kier alpha value is -0.800. The van der Waals surface area contributed by atoms with Crippen molar-refractivity contribution in [3.63, 3.8) is 0 Å². The van der Waals surface area contributed by atoms with Crippen LogP contribution in [0.4, 0.5) is 0 Å². The lowest BCUT2D eigenvalue weighted by atomic mass is 10.1. The van der Waals surface area contributed by atoms with E-state index < -0.39 is 0 Å². The topological polar surface area (TPSA) is 32.3 Å². The number of hydrogen-bond donors (Lipinski definition) is 2. The molecule has 1 rings (SSSR count). The van der Waals surface area contributed by atoms with Crippen molar-refractivity contribution >= 4 is 0 Å². The highest BCUT2D eigenvalue weighted by molar-refractivity contribution is 4.97. The second kappa shape index (κ2) is 11.7. The molecule has 0 saturated heterocycles. The minimum absolute atomic E-state index is 0.238. The lowest BCUT2D eigenvalue weighted by molar-refractivity contribution is -0.892. The molecule has 0 bridgehead atoms. The van der Waals surface area contributed by atoms with E-state index in [1.807, 2.05) is 6.20 Å². The molecule has 3 heteroatoms. The number of aliphatic hydroxyl groups excluding tert-OH is 1. The molecular weight excluding hydrogens is 272 g/mol. The van der Waals surface area contributed by atoms with E-state index in [9.17, 15) is 5.11 Å². The lowest BCUT2D eigenvalue weighted by Gasteiger charge is -2.34. The predicted octanol–water partition coefficient (Wildman–Crippen LogP) is 4.30. The number of likely N-dealkylation sites (N-methyl/N-ethyl adjacent to an activating group) is 1. The van der Waals surface area contributed by atoms with Crippen LogP contribution in [0.25, 0.3) is 0 Å². The molecule has 0 fully saturated rings. The van der Waals surface area contributed by atoms with Gasteiger partial charge in [0.2, 0.25) is 0 Å². The standard InChI is InChI=1S/C19H37N2O/c1-3-5-6-7-8-9-10-11-12-13-14-19-20-15-16-21(19,4-2)17-18-22/h13-16,19-20,22H,3-12,17-18H2,1-2H3/q+1/b14-13+. The molecule has 2 atom stereocenters. The maximum atomic E-state index is 9.29. The van der Waals surface area contributed by atoms with Crippen LogP contribution in [0.15, 0.2) is 24.6 Å². The third-order valence-electron chi connectivity index (χ3n) is 4.84. The summed E-state index contributed by atoms with van der Waals surface area (Å²) in [5.41, 5.74) is 0.